The number of hydrogen-bond acceptors (Lipinski definition) is 3. The van der Waals surface area contributed by atoms with Gasteiger partial charge in [0.25, 0.3) is 5.91 Å². The van der Waals surface area contributed by atoms with Gasteiger partial charge in [-0.3, -0.25) is 4.79 Å². The lowest BCUT2D eigenvalue weighted by atomic mass is 10.1. The van der Waals surface area contributed by atoms with Crippen LogP contribution in [0, 0.1) is 0 Å². The number of hydrazone groups is 1. The monoisotopic (exact) mass is 368 g/mol. The molecule has 0 aliphatic carbocycles. The van der Waals surface area contributed by atoms with Crippen LogP contribution in [-0.4, -0.2) is 17.2 Å². The van der Waals surface area contributed by atoms with E-state index in [4.69, 9.17) is 0 Å². The molecule has 3 rings (SSSR count). The molecule has 23 heavy (non-hydrogen) atoms. The lowest BCUT2D eigenvalue weighted by Crippen LogP contribution is -2.17. The summed E-state index contributed by atoms with van der Waals surface area (Å²) in [4.78, 5) is 12.2. The first kappa shape index (κ1) is 15.2. The molecule has 0 saturated carbocycles. The summed E-state index contributed by atoms with van der Waals surface area (Å²) < 4.78 is 0.931. The number of rotatable bonds is 3. The second-order valence-corrected chi connectivity index (χ2v) is 5.89. The molecule has 0 aromatic heterocycles. The number of carbonyl (C=O) groups is 1. The Hall–Kier alpha value is -2.66. The Morgan fingerprint density at radius 2 is 1.78 bits per heavy atom. The van der Waals surface area contributed by atoms with Gasteiger partial charge in [-0.05, 0) is 40.6 Å². The van der Waals surface area contributed by atoms with Crippen molar-refractivity contribution >= 4 is 38.8 Å². The summed E-state index contributed by atoms with van der Waals surface area (Å²) >= 11 is 3.37. The van der Waals surface area contributed by atoms with Crippen molar-refractivity contribution in [1.29, 1.82) is 0 Å². The molecular weight excluding hydrogens is 356 g/mol. The minimum atomic E-state index is -0.459. The van der Waals surface area contributed by atoms with Crippen LogP contribution in [0.15, 0.2) is 70.2 Å². The summed E-state index contributed by atoms with van der Waals surface area (Å²) in [5, 5.41) is 15.7. The van der Waals surface area contributed by atoms with Gasteiger partial charge in [0.2, 0.25) is 0 Å². The Kier molecular flexibility index (Phi) is 4.39. The highest BCUT2D eigenvalue weighted by Crippen LogP contribution is 2.24. The molecule has 0 radical (unpaired) electrons. The van der Waals surface area contributed by atoms with Crippen molar-refractivity contribution in [3.8, 4) is 5.75 Å². The number of nitrogens with one attached hydrogen (secondary N) is 1. The molecule has 0 spiro atoms. The smallest absolute Gasteiger partial charge is 0.275 e. The Bertz CT molecular complexity index is 906. The Morgan fingerprint density at radius 3 is 2.52 bits per heavy atom. The molecule has 3 aromatic carbocycles. The summed E-state index contributed by atoms with van der Waals surface area (Å²) in [6.07, 6.45) is 1.54. The second kappa shape index (κ2) is 6.62. The number of fused-ring (bicyclic) bond motifs is 1. The van der Waals surface area contributed by atoms with Crippen LogP contribution in [0.3, 0.4) is 0 Å². The summed E-state index contributed by atoms with van der Waals surface area (Å²) in [7, 11) is 0. The lowest BCUT2D eigenvalue weighted by Gasteiger charge is -2.05. The van der Waals surface area contributed by atoms with E-state index in [-0.39, 0.29) is 11.3 Å². The fraction of sp³-hybridized carbons (Fsp3) is 0. The zero-order chi connectivity index (χ0) is 16.2. The van der Waals surface area contributed by atoms with Gasteiger partial charge in [-0.1, -0.05) is 52.3 Å². The molecule has 5 heteroatoms. The van der Waals surface area contributed by atoms with Crippen molar-refractivity contribution in [3.63, 3.8) is 0 Å². The molecule has 0 aliphatic heterocycles. The third kappa shape index (κ3) is 3.57. The predicted octanol–water partition coefficient (Wildman–Crippen LogP) is 4.07. The summed E-state index contributed by atoms with van der Waals surface area (Å²) in [5.74, 6) is -0.529. The molecule has 0 unspecified atom stereocenters. The van der Waals surface area contributed by atoms with Crippen molar-refractivity contribution in [3.05, 3.63) is 76.3 Å². The highest BCUT2D eigenvalue weighted by atomic mass is 79.9. The molecular formula is C18H13BrN2O2. The van der Waals surface area contributed by atoms with Gasteiger partial charge < -0.3 is 5.11 Å². The molecule has 1 amide bonds. The van der Waals surface area contributed by atoms with Crippen LogP contribution in [0.25, 0.3) is 10.8 Å². The molecule has 0 aliphatic rings. The average molecular weight is 369 g/mol. The highest BCUT2D eigenvalue weighted by Gasteiger charge is 2.11. The lowest BCUT2D eigenvalue weighted by molar-refractivity contribution is 0.0952. The molecule has 0 fully saturated rings. The molecule has 0 bridgehead atoms. The molecule has 3 aromatic rings. The van der Waals surface area contributed by atoms with Gasteiger partial charge in [0.15, 0.2) is 0 Å². The van der Waals surface area contributed by atoms with Crippen molar-refractivity contribution in [2.24, 2.45) is 5.10 Å². The van der Waals surface area contributed by atoms with Crippen molar-refractivity contribution in [2.75, 3.05) is 0 Å². The SMILES string of the molecule is O=C(NN=Cc1cccc(Br)c1)c1cc2ccccc2cc1O. The van der Waals surface area contributed by atoms with E-state index < -0.39 is 5.91 Å². The van der Waals surface area contributed by atoms with E-state index in [1.807, 2.05) is 48.5 Å². The van der Waals surface area contributed by atoms with Crippen molar-refractivity contribution in [1.82, 2.24) is 5.43 Å². The Morgan fingerprint density at radius 1 is 1.04 bits per heavy atom. The van der Waals surface area contributed by atoms with Crippen LogP contribution < -0.4 is 5.43 Å². The summed E-state index contributed by atoms with van der Waals surface area (Å²) in [6.45, 7) is 0. The minimum Gasteiger partial charge on any atom is -0.507 e. The number of aromatic hydroxyl groups is 1. The third-order valence-electron chi connectivity index (χ3n) is 3.34. The number of phenols is 1. The first-order chi connectivity index (χ1) is 11.1. The van der Waals surface area contributed by atoms with Gasteiger partial charge in [-0.15, -0.1) is 0 Å². The quantitative estimate of drug-likeness (QED) is 0.540. The standard InChI is InChI=1S/C18H13BrN2O2/c19-15-7-3-4-12(8-15)11-20-21-18(23)16-9-13-5-1-2-6-14(13)10-17(16)22/h1-11,22H,(H,21,23). The van der Waals surface area contributed by atoms with Crippen LogP contribution in [-0.2, 0) is 0 Å². The van der Waals surface area contributed by atoms with Crippen LogP contribution in [0.5, 0.6) is 5.75 Å². The van der Waals surface area contributed by atoms with E-state index in [9.17, 15) is 9.90 Å². The van der Waals surface area contributed by atoms with Crippen LogP contribution >= 0.6 is 15.9 Å². The Labute approximate surface area is 141 Å². The van der Waals surface area contributed by atoms with Crippen molar-refractivity contribution in [2.45, 2.75) is 0 Å². The van der Waals surface area contributed by atoms with E-state index in [1.165, 1.54) is 0 Å². The molecule has 4 nitrogen and oxygen atoms in total. The average Bonchev–Trinajstić information content (AvgIpc) is 2.54. The summed E-state index contributed by atoms with van der Waals surface area (Å²) in [5.41, 5.74) is 3.47. The predicted molar refractivity (Wildman–Crippen MR) is 94.8 cm³/mol. The first-order valence-electron chi connectivity index (χ1n) is 6.94. The third-order valence-corrected chi connectivity index (χ3v) is 3.83. The van der Waals surface area contributed by atoms with E-state index in [0.29, 0.717) is 0 Å². The largest absolute Gasteiger partial charge is 0.507 e. The van der Waals surface area contributed by atoms with E-state index >= 15 is 0 Å². The van der Waals surface area contributed by atoms with Gasteiger partial charge >= 0.3 is 0 Å². The number of halogens is 1. The molecule has 0 atom stereocenters. The van der Waals surface area contributed by atoms with Crippen LogP contribution in [0.4, 0.5) is 0 Å². The molecule has 0 saturated heterocycles. The van der Waals surface area contributed by atoms with Crippen LogP contribution in [0.2, 0.25) is 0 Å². The fourth-order valence-corrected chi connectivity index (χ4v) is 2.64. The molecule has 114 valence electrons. The zero-order valence-electron chi connectivity index (χ0n) is 12.0. The zero-order valence-corrected chi connectivity index (χ0v) is 13.6. The van der Waals surface area contributed by atoms with Gasteiger partial charge in [0.1, 0.15) is 5.75 Å². The number of carbonyl (C=O) groups excluding carboxylic acids is 1. The van der Waals surface area contributed by atoms with Gasteiger partial charge in [0.05, 0.1) is 11.8 Å². The maximum atomic E-state index is 12.2. The maximum Gasteiger partial charge on any atom is 0.275 e. The first-order valence-corrected chi connectivity index (χ1v) is 7.73. The van der Waals surface area contributed by atoms with Gasteiger partial charge in [-0.25, -0.2) is 5.43 Å². The highest BCUT2D eigenvalue weighted by molar-refractivity contribution is 9.10. The fourth-order valence-electron chi connectivity index (χ4n) is 2.22. The number of phenolic OH excluding ortho intramolecular Hbond substituents is 1. The number of hydrogen-bond donors (Lipinski definition) is 2. The summed E-state index contributed by atoms with van der Waals surface area (Å²) in [6, 6.07) is 18.3. The molecule has 0 heterocycles. The van der Waals surface area contributed by atoms with E-state index in [1.54, 1.807) is 18.3 Å². The van der Waals surface area contributed by atoms with Gasteiger partial charge in [0, 0.05) is 4.47 Å². The Balaban J connectivity index is 1.79. The maximum absolute atomic E-state index is 12.2. The van der Waals surface area contributed by atoms with E-state index in [2.05, 4.69) is 26.5 Å². The number of amides is 1. The normalized spacial score (nSPS) is 11.0. The topological polar surface area (TPSA) is 61.7 Å². The number of benzene rings is 3. The van der Waals surface area contributed by atoms with Gasteiger partial charge in [-0.2, -0.15) is 5.10 Å². The number of nitrogens with zero attached hydrogens (tertiary/aromatic N) is 1. The second-order valence-electron chi connectivity index (χ2n) is 4.97. The molecule has 2 N–H and O–H groups in total. The van der Waals surface area contributed by atoms with Crippen LogP contribution in [0.1, 0.15) is 15.9 Å². The van der Waals surface area contributed by atoms with E-state index in [0.717, 1.165) is 20.8 Å². The minimum absolute atomic E-state index is 0.0705. The van der Waals surface area contributed by atoms with Crippen molar-refractivity contribution < 1.29 is 9.90 Å².